The first-order chi connectivity index (χ1) is 12.9. The van der Waals surface area contributed by atoms with Crippen LogP contribution in [0, 0.1) is 11.7 Å². The van der Waals surface area contributed by atoms with Crippen molar-refractivity contribution < 1.29 is 4.79 Å². The van der Waals surface area contributed by atoms with Crippen LogP contribution in [0.15, 0.2) is 48.5 Å². The van der Waals surface area contributed by atoms with E-state index in [2.05, 4.69) is 15.5 Å². The number of amides is 1. The average molecular weight is 401 g/mol. The lowest BCUT2D eigenvalue weighted by molar-refractivity contribution is -0.122. The number of rotatable bonds is 6. The van der Waals surface area contributed by atoms with Gasteiger partial charge in [-0.25, -0.2) is 0 Å². The molecule has 140 valence electrons. The van der Waals surface area contributed by atoms with Crippen LogP contribution in [0.1, 0.15) is 18.1 Å². The van der Waals surface area contributed by atoms with E-state index >= 15 is 0 Å². The maximum absolute atomic E-state index is 12.5. The van der Waals surface area contributed by atoms with Crippen LogP contribution in [0.3, 0.4) is 0 Å². The van der Waals surface area contributed by atoms with Gasteiger partial charge in [-0.3, -0.25) is 14.5 Å². The Bertz CT molecular complexity index is 994. The standard InChI is InChI=1S/C20H21ClN4OS/c1-13-6-8-16(9-7-13)19-23-24-20(27)25(19)12-18(26)22-14(2)10-15-4-3-5-17(21)11-15/h3-9,11,14H,10,12H2,1-2H3,(H,22,26)(H,24,27)/t14-/m1/s1. The maximum Gasteiger partial charge on any atom is 0.240 e. The molecule has 0 saturated heterocycles. The van der Waals surface area contributed by atoms with E-state index in [4.69, 9.17) is 23.8 Å². The third-order valence-electron chi connectivity index (χ3n) is 4.21. The fraction of sp³-hybridized carbons (Fsp3) is 0.250. The van der Waals surface area contributed by atoms with E-state index in [9.17, 15) is 4.79 Å². The quantitative estimate of drug-likeness (QED) is 0.606. The predicted octanol–water partition coefficient (Wildman–Crippen LogP) is 4.32. The zero-order valence-electron chi connectivity index (χ0n) is 15.2. The molecule has 0 radical (unpaired) electrons. The van der Waals surface area contributed by atoms with Gasteiger partial charge in [0.25, 0.3) is 0 Å². The Morgan fingerprint density at radius 2 is 2.04 bits per heavy atom. The summed E-state index contributed by atoms with van der Waals surface area (Å²) < 4.78 is 2.13. The summed E-state index contributed by atoms with van der Waals surface area (Å²) in [7, 11) is 0. The zero-order valence-corrected chi connectivity index (χ0v) is 16.8. The van der Waals surface area contributed by atoms with Crippen molar-refractivity contribution in [3.63, 3.8) is 0 Å². The summed E-state index contributed by atoms with van der Waals surface area (Å²) in [5.41, 5.74) is 3.15. The first-order valence-electron chi connectivity index (χ1n) is 8.68. The molecule has 2 aromatic carbocycles. The summed E-state index contributed by atoms with van der Waals surface area (Å²) in [6.07, 6.45) is 0.702. The molecule has 5 nitrogen and oxygen atoms in total. The molecule has 3 aromatic rings. The van der Waals surface area contributed by atoms with Gasteiger partial charge in [-0.15, -0.1) is 0 Å². The molecule has 0 bridgehead atoms. The number of aryl methyl sites for hydroxylation is 1. The van der Waals surface area contributed by atoms with Crippen molar-refractivity contribution in [1.29, 1.82) is 0 Å². The number of carbonyl (C=O) groups excluding carboxylic acids is 1. The molecule has 1 heterocycles. The molecule has 7 heteroatoms. The number of benzene rings is 2. The lowest BCUT2D eigenvalue weighted by Gasteiger charge is -2.15. The van der Waals surface area contributed by atoms with Crippen LogP contribution >= 0.6 is 23.8 Å². The maximum atomic E-state index is 12.5. The fourth-order valence-electron chi connectivity index (χ4n) is 2.92. The van der Waals surface area contributed by atoms with Crippen LogP contribution in [-0.4, -0.2) is 26.7 Å². The van der Waals surface area contributed by atoms with Crippen LogP contribution < -0.4 is 5.32 Å². The third-order valence-corrected chi connectivity index (χ3v) is 4.75. The Morgan fingerprint density at radius 3 is 2.74 bits per heavy atom. The Kier molecular flexibility index (Phi) is 6.08. The molecule has 0 unspecified atom stereocenters. The zero-order chi connectivity index (χ0) is 19.4. The van der Waals surface area contributed by atoms with Crippen LogP contribution in [-0.2, 0) is 17.8 Å². The summed E-state index contributed by atoms with van der Waals surface area (Å²) in [6.45, 7) is 4.10. The number of halogens is 1. The molecule has 1 aromatic heterocycles. The van der Waals surface area contributed by atoms with E-state index in [-0.39, 0.29) is 18.5 Å². The molecule has 0 saturated carbocycles. The van der Waals surface area contributed by atoms with Crippen LogP contribution in [0.2, 0.25) is 5.02 Å². The molecule has 1 amide bonds. The van der Waals surface area contributed by atoms with Crippen molar-refractivity contribution in [2.45, 2.75) is 32.9 Å². The van der Waals surface area contributed by atoms with Gasteiger partial charge in [-0.05, 0) is 50.2 Å². The normalized spacial score (nSPS) is 12.0. The number of aromatic nitrogens is 3. The van der Waals surface area contributed by atoms with Crippen molar-refractivity contribution in [3.05, 3.63) is 69.5 Å². The molecule has 0 aliphatic carbocycles. The minimum atomic E-state index is -0.115. The Balaban J connectivity index is 1.68. The average Bonchev–Trinajstić information content (AvgIpc) is 2.96. The fourth-order valence-corrected chi connectivity index (χ4v) is 3.33. The summed E-state index contributed by atoms with van der Waals surface area (Å²) in [5, 5.41) is 10.8. The van der Waals surface area contributed by atoms with Gasteiger partial charge >= 0.3 is 0 Å². The van der Waals surface area contributed by atoms with E-state index in [1.165, 1.54) is 0 Å². The second-order valence-corrected chi connectivity index (χ2v) is 7.43. The van der Waals surface area contributed by atoms with Gasteiger partial charge in [0.15, 0.2) is 10.6 Å². The smallest absolute Gasteiger partial charge is 0.240 e. The van der Waals surface area contributed by atoms with Gasteiger partial charge in [-0.2, -0.15) is 5.10 Å². The third kappa shape index (κ3) is 5.05. The highest BCUT2D eigenvalue weighted by molar-refractivity contribution is 7.71. The SMILES string of the molecule is Cc1ccc(-c2n[nH]c(=S)n2CC(=O)N[C@H](C)Cc2cccc(Cl)c2)cc1. The van der Waals surface area contributed by atoms with Gasteiger partial charge in [0.1, 0.15) is 6.54 Å². The van der Waals surface area contributed by atoms with Crippen LogP contribution in [0.4, 0.5) is 0 Å². The number of nitrogens with zero attached hydrogens (tertiary/aromatic N) is 2. The molecule has 3 rings (SSSR count). The van der Waals surface area contributed by atoms with Crippen molar-refractivity contribution in [3.8, 4) is 11.4 Å². The molecule has 0 aliphatic heterocycles. The largest absolute Gasteiger partial charge is 0.352 e. The van der Waals surface area contributed by atoms with Crippen LogP contribution in [0.5, 0.6) is 0 Å². The molecule has 1 atom stereocenters. The van der Waals surface area contributed by atoms with Gasteiger partial charge in [-0.1, -0.05) is 53.6 Å². The monoisotopic (exact) mass is 400 g/mol. The van der Waals surface area contributed by atoms with Gasteiger partial charge in [0, 0.05) is 16.6 Å². The molecule has 0 aliphatic rings. The van der Waals surface area contributed by atoms with E-state index in [0.717, 1.165) is 16.7 Å². The summed E-state index contributed by atoms with van der Waals surface area (Å²) >= 11 is 11.3. The second-order valence-electron chi connectivity index (χ2n) is 6.61. The van der Waals surface area contributed by atoms with Crippen molar-refractivity contribution in [2.24, 2.45) is 0 Å². The second kappa shape index (κ2) is 8.50. The highest BCUT2D eigenvalue weighted by Gasteiger charge is 2.14. The Labute approximate surface area is 168 Å². The molecular weight excluding hydrogens is 380 g/mol. The predicted molar refractivity (Wildman–Crippen MR) is 110 cm³/mol. The molecular formula is C20H21ClN4OS. The first kappa shape index (κ1) is 19.3. The highest BCUT2D eigenvalue weighted by atomic mass is 35.5. The van der Waals surface area contributed by atoms with Crippen molar-refractivity contribution in [1.82, 2.24) is 20.1 Å². The van der Waals surface area contributed by atoms with Gasteiger partial charge in [0.05, 0.1) is 0 Å². The Hall–Kier alpha value is -2.44. The number of hydrogen-bond donors (Lipinski definition) is 2. The molecule has 2 N–H and O–H groups in total. The minimum absolute atomic E-state index is 0.0279. The number of H-pyrrole nitrogens is 1. The number of hydrogen-bond acceptors (Lipinski definition) is 3. The van der Waals surface area contributed by atoms with Crippen molar-refractivity contribution in [2.75, 3.05) is 0 Å². The van der Waals surface area contributed by atoms with Gasteiger partial charge < -0.3 is 5.32 Å². The first-order valence-corrected chi connectivity index (χ1v) is 9.47. The van der Waals surface area contributed by atoms with Gasteiger partial charge in [0.2, 0.25) is 5.91 Å². The van der Waals surface area contributed by atoms with Crippen molar-refractivity contribution >= 4 is 29.7 Å². The van der Waals surface area contributed by atoms with E-state index < -0.39 is 0 Å². The van der Waals surface area contributed by atoms with E-state index in [1.54, 1.807) is 4.57 Å². The summed E-state index contributed by atoms with van der Waals surface area (Å²) in [6, 6.07) is 15.6. The van der Waals surface area contributed by atoms with Crippen LogP contribution in [0.25, 0.3) is 11.4 Å². The summed E-state index contributed by atoms with van der Waals surface area (Å²) in [4.78, 5) is 12.5. The topological polar surface area (TPSA) is 62.7 Å². The Morgan fingerprint density at radius 1 is 1.30 bits per heavy atom. The number of carbonyl (C=O) groups is 1. The lowest BCUT2D eigenvalue weighted by Crippen LogP contribution is -2.36. The van der Waals surface area contributed by atoms with E-state index in [0.29, 0.717) is 22.0 Å². The lowest BCUT2D eigenvalue weighted by atomic mass is 10.1. The molecule has 0 spiro atoms. The van der Waals surface area contributed by atoms with E-state index in [1.807, 2.05) is 62.4 Å². The molecule has 0 fully saturated rings. The number of aromatic amines is 1. The molecule has 27 heavy (non-hydrogen) atoms. The highest BCUT2D eigenvalue weighted by Crippen LogP contribution is 2.18. The minimum Gasteiger partial charge on any atom is -0.352 e. The number of nitrogens with one attached hydrogen (secondary N) is 2. The summed E-state index contributed by atoms with van der Waals surface area (Å²) in [5.74, 6) is 0.535.